The Morgan fingerprint density at radius 3 is 1.86 bits per heavy atom. The van der Waals surface area contributed by atoms with E-state index in [1.165, 1.54) is 37.9 Å². The highest BCUT2D eigenvalue weighted by molar-refractivity contribution is 5.87. The van der Waals surface area contributed by atoms with Gasteiger partial charge in [0, 0.05) is 0 Å². The zero-order valence-corrected chi connectivity index (χ0v) is 15.0. The van der Waals surface area contributed by atoms with Gasteiger partial charge in [-0.2, -0.15) is 0 Å². The Morgan fingerprint density at radius 1 is 0.952 bits per heavy atom. The summed E-state index contributed by atoms with van der Waals surface area (Å²) in [5.41, 5.74) is 4.27. The van der Waals surface area contributed by atoms with Crippen molar-refractivity contribution < 1.29 is 0 Å². The molecule has 0 aliphatic carbocycles. The number of hydrogen-bond donors (Lipinski definition) is 0. The van der Waals surface area contributed by atoms with Gasteiger partial charge in [-0.05, 0) is 58.5 Å². The molecule has 0 aliphatic heterocycles. The second-order valence-electron chi connectivity index (χ2n) is 6.65. The van der Waals surface area contributed by atoms with Gasteiger partial charge in [0.2, 0.25) is 0 Å². The lowest BCUT2D eigenvalue weighted by molar-refractivity contribution is 0.582. The molecule has 0 aromatic heterocycles. The third-order valence-electron chi connectivity index (χ3n) is 3.82. The van der Waals surface area contributed by atoms with Crippen LogP contribution in [0.4, 0.5) is 0 Å². The lowest BCUT2D eigenvalue weighted by Crippen LogP contribution is -2.30. The van der Waals surface area contributed by atoms with Crippen molar-refractivity contribution >= 4 is 22.9 Å². The van der Waals surface area contributed by atoms with Crippen molar-refractivity contribution in [1.29, 1.82) is 0 Å². The Labute approximate surface area is 130 Å². The molecule has 0 saturated carbocycles. The monoisotopic (exact) mass is 282 g/mol. The maximum Gasteiger partial charge on any atom is -0.0103 e. The van der Waals surface area contributed by atoms with Gasteiger partial charge in [-0.25, -0.2) is 0 Å². The molecule has 0 unspecified atom stereocenters. The zero-order chi connectivity index (χ0) is 16.4. The van der Waals surface area contributed by atoms with Crippen LogP contribution in [-0.2, 0) is 5.41 Å². The van der Waals surface area contributed by atoms with E-state index in [9.17, 15) is 0 Å². The number of fused-ring (bicyclic) bond motifs is 1. The maximum absolute atomic E-state index is 4.37. The van der Waals surface area contributed by atoms with Crippen LogP contribution in [0.5, 0.6) is 0 Å². The average Bonchev–Trinajstić information content (AvgIpc) is 2.39. The van der Waals surface area contributed by atoms with E-state index in [0.29, 0.717) is 0 Å². The van der Waals surface area contributed by atoms with E-state index in [-0.39, 0.29) is 5.41 Å². The number of rotatable bonds is 0. The minimum atomic E-state index is 0.120. The number of hydrogen-bond acceptors (Lipinski definition) is 0. The first-order valence-corrected chi connectivity index (χ1v) is 7.93. The van der Waals surface area contributed by atoms with Crippen molar-refractivity contribution in [1.82, 2.24) is 0 Å². The zero-order valence-electron chi connectivity index (χ0n) is 15.0. The first-order valence-electron chi connectivity index (χ1n) is 7.93. The second-order valence-corrected chi connectivity index (χ2v) is 6.65. The van der Waals surface area contributed by atoms with E-state index in [1.54, 1.807) is 0 Å². The molecule has 0 atom stereocenters. The van der Waals surface area contributed by atoms with Crippen LogP contribution in [0.25, 0.3) is 22.9 Å². The van der Waals surface area contributed by atoms with E-state index in [0.717, 1.165) is 0 Å². The third kappa shape index (κ3) is 3.20. The Bertz CT molecular complexity index is 736. The Hall–Kier alpha value is -1.56. The largest absolute Gasteiger partial charge is 0.0908 e. The van der Waals surface area contributed by atoms with Crippen molar-refractivity contribution in [3.05, 3.63) is 45.8 Å². The van der Waals surface area contributed by atoms with Crippen LogP contribution in [0.2, 0.25) is 0 Å². The summed E-state index contributed by atoms with van der Waals surface area (Å²) < 4.78 is 0. The van der Waals surface area contributed by atoms with Gasteiger partial charge in [0.25, 0.3) is 0 Å². The normalized spacial score (nSPS) is 11.0. The van der Waals surface area contributed by atoms with Crippen molar-refractivity contribution in [2.24, 2.45) is 0 Å². The molecule has 0 heterocycles. The highest BCUT2D eigenvalue weighted by Crippen LogP contribution is 2.23. The highest BCUT2D eigenvalue weighted by Gasteiger charge is 2.20. The minimum absolute atomic E-state index is 0.120. The summed E-state index contributed by atoms with van der Waals surface area (Å²) in [7, 11) is 0. The van der Waals surface area contributed by atoms with E-state index in [2.05, 4.69) is 72.4 Å². The standard InChI is InChI=1S/C19H24.C2H6/c1-12(2)17-14(4)18(19(5,6)7)13(3)15-10-8-9-11-16(15)17;1-2/h8-11H,3H2,1-2,4-7H3;1-2H3. The van der Waals surface area contributed by atoms with E-state index in [4.69, 9.17) is 0 Å². The summed E-state index contributed by atoms with van der Waals surface area (Å²) in [5, 5.41) is 5.20. The quantitative estimate of drug-likeness (QED) is 0.632. The van der Waals surface area contributed by atoms with Crippen molar-refractivity contribution in [2.45, 2.75) is 60.8 Å². The maximum atomic E-state index is 4.37. The molecule has 0 amide bonds. The molecule has 0 spiro atoms. The van der Waals surface area contributed by atoms with Crippen LogP contribution in [0.15, 0.2) is 24.3 Å². The summed E-state index contributed by atoms with van der Waals surface area (Å²) in [6.07, 6.45) is 0. The van der Waals surface area contributed by atoms with E-state index >= 15 is 0 Å². The molecule has 0 fully saturated rings. The van der Waals surface area contributed by atoms with Crippen LogP contribution in [0, 0.1) is 6.92 Å². The van der Waals surface area contributed by atoms with Crippen LogP contribution in [0.3, 0.4) is 0 Å². The highest BCUT2D eigenvalue weighted by atomic mass is 14.2. The molecule has 0 N–H and O–H groups in total. The molecule has 0 saturated heterocycles. The van der Waals surface area contributed by atoms with Crippen LogP contribution in [0.1, 0.15) is 59.6 Å². The fraction of sp³-hybridized carbons (Fsp3) is 0.429. The summed E-state index contributed by atoms with van der Waals surface area (Å²) in [5.74, 6) is 0. The fourth-order valence-electron chi connectivity index (χ4n) is 3.31. The minimum Gasteiger partial charge on any atom is -0.0908 e. The van der Waals surface area contributed by atoms with Crippen molar-refractivity contribution in [2.75, 3.05) is 0 Å². The fourth-order valence-corrected chi connectivity index (χ4v) is 3.31. The average molecular weight is 282 g/mol. The Balaban J connectivity index is 0.00000106. The van der Waals surface area contributed by atoms with Crippen molar-refractivity contribution in [3.8, 4) is 0 Å². The molecule has 0 radical (unpaired) electrons. The van der Waals surface area contributed by atoms with Gasteiger partial charge >= 0.3 is 0 Å². The van der Waals surface area contributed by atoms with E-state index < -0.39 is 0 Å². The molecule has 0 nitrogen and oxygen atoms in total. The lowest BCUT2D eigenvalue weighted by Gasteiger charge is -2.24. The van der Waals surface area contributed by atoms with Crippen LogP contribution in [-0.4, -0.2) is 0 Å². The predicted molar refractivity (Wildman–Crippen MR) is 98.3 cm³/mol. The van der Waals surface area contributed by atoms with Crippen LogP contribution >= 0.6 is 0 Å². The molecule has 2 rings (SSSR count). The molecule has 0 aliphatic rings. The van der Waals surface area contributed by atoms with Gasteiger partial charge < -0.3 is 0 Å². The SMILES string of the molecule is C=c1c(C(C)(C)C)c(C)c(=C(C)C)c2ccccc12.CC. The molecular formula is C21H30. The van der Waals surface area contributed by atoms with Gasteiger partial charge in [0.1, 0.15) is 0 Å². The number of benzene rings is 2. The third-order valence-corrected chi connectivity index (χ3v) is 3.82. The van der Waals surface area contributed by atoms with Gasteiger partial charge in [-0.1, -0.05) is 71.0 Å². The van der Waals surface area contributed by atoms with Gasteiger partial charge in [0.15, 0.2) is 0 Å². The topological polar surface area (TPSA) is 0 Å². The first-order chi connectivity index (χ1) is 9.75. The summed E-state index contributed by atoms with van der Waals surface area (Å²) in [6.45, 7) is 21.8. The molecule has 2 aromatic carbocycles. The Morgan fingerprint density at radius 2 is 1.43 bits per heavy atom. The predicted octanol–water partition coefficient (Wildman–Crippen LogP) is 5.07. The Kier molecular flexibility index (Phi) is 5.39. The van der Waals surface area contributed by atoms with Gasteiger partial charge in [0.05, 0.1) is 0 Å². The molecule has 0 heteroatoms. The summed E-state index contributed by atoms with van der Waals surface area (Å²) in [6, 6.07) is 8.63. The second kappa shape index (κ2) is 6.47. The lowest BCUT2D eigenvalue weighted by atomic mass is 9.80. The molecule has 2 aromatic rings. The van der Waals surface area contributed by atoms with Crippen LogP contribution < -0.4 is 10.4 Å². The summed E-state index contributed by atoms with van der Waals surface area (Å²) in [4.78, 5) is 0. The molecular weight excluding hydrogens is 252 g/mol. The van der Waals surface area contributed by atoms with Gasteiger partial charge in [-0.15, -0.1) is 0 Å². The van der Waals surface area contributed by atoms with Gasteiger partial charge in [-0.3, -0.25) is 0 Å². The van der Waals surface area contributed by atoms with Crippen molar-refractivity contribution in [3.63, 3.8) is 0 Å². The molecule has 0 bridgehead atoms. The molecule has 114 valence electrons. The summed E-state index contributed by atoms with van der Waals surface area (Å²) >= 11 is 0. The van der Waals surface area contributed by atoms with E-state index in [1.807, 2.05) is 13.8 Å². The smallest absolute Gasteiger partial charge is 0.0103 e. The molecule has 21 heavy (non-hydrogen) atoms. The first kappa shape index (κ1) is 17.5.